The summed E-state index contributed by atoms with van der Waals surface area (Å²) in [7, 11) is 0. The van der Waals surface area contributed by atoms with Gasteiger partial charge in [0.25, 0.3) is 0 Å². The fourth-order valence-electron chi connectivity index (χ4n) is 1.69. The van der Waals surface area contributed by atoms with Gasteiger partial charge in [-0.1, -0.05) is 5.21 Å². The predicted octanol–water partition coefficient (Wildman–Crippen LogP) is 3.08. The SMILES string of the molecule is CCOC(OCC)c1cn(-c2ccc(F)cc2I)nn1. The Morgan fingerprint density at radius 2 is 2.00 bits per heavy atom. The Labute approximate surface area is 130 Å². The number of nitrogens with zero attached hydrogens (tertiary/aromatic N) is 3. The molecule has 2 aromatic rings. The van der Waals surface area contributed by atoms with E-state index in [0.717, 1.165) is 9.26 Å². The molecule has 7 heteroatoms. The van der Waals surface area contributed by atoms with Gasteiger partial charge in [0, 0.05) is 16.8 Å². The maximum Gasteiger partial charge on any atom is 0.204 e. The van der Waals surface area contributed by atoms with Gasteiger partial charge >= 0.3 is 0 Å². The summed E-state index contributed by atoms with van der Waals surface area (Å²) in [6.07, 6.45) is 1.20. The monoisotopic (exact) mass is 391 g/mol. The van der Waals surface area contributed by atoms with Crippen LogP contribution in [0.4, 0.5) is 4.39 Å². The zero-order valence-corrected chi connectivity index (χ0v) is 13.4. The van der Waals surface area contributed by atoms with Crippen molar-refractivity contribution in [3.05, 3.63) is 39.5 Å². The summed E-state index contributed by atoms with van der Waals surface area (Å²) in [6, 6.07) is 4.49. The smallest absolute Gasteiger partial charge is 0.204 e. The third-order valence-corrected chi connectivity index (χ3v) is 3.41. The van der Waals surface area contributed by atoms with E-state index in [0.29, 0.717) is 18.9 Å². The van der Waals surface area contributed by atoms with Crippen LogP contribution in [0.3, 0.4) is 0 Å². The largest absolute Gasteiger partial charge is 0.347 e. The summed E-state index contributed by atoms with van der Waals surface area (Å²) in [6.45, 7) is 4.82. The standard InChI is InChI=1S/C13H15FIN3O2/c1-3-19-13(20-4-2)11-8-18(17-16-11)12-6-5-9(14)7-10(12)15/h5-8,13H,3-4H2,1-2H3. The Balaban J connectivity index is 2.27. The molecule has 0 radical (unpaired) electrons. The van der Waals surface area contributed by atoms with E-state index in [9.17, 15) is 4.39 Å². The van der Waals surface area contributed by atoms with Crippen molar-refractivity contribution >= 4 is 22.6 Å². The van der Waals surface area contributed by atoms with Crippen molar-refractivity contribution in [3.63, 3.8) is 0 Å². The molecule has 0 aliphatic carbocycles. The minimum Gasteiger partial charge on any atom is -0.347 e. The molecule has 0 spiro atoms. The van der Waals surface area contributed by atoms with Gasteiger partial charge in [0.2, 0.25) is 6.29 Å². The maximum absolute atomic E-state index is 13.1. The first-order valence-electron chi connectivity index (χ1n) is 6.26. The van der Waals surface area contributed by atoms with Crippen LogP contribution < -0.4 is 0 Å². The number of rotatable bonds is 6. The van der Waals surface area contributed by atoms with Gasteiger partial charge < -0.3 is 9.47 Å². The molecule has 0 saturated carbocycles. The van der Waals surface area contributed by atoms with E-state index in [4.69, 9.17) is 9.47 Å². The number of hydrogen-bond acceptors (Lipinski definition) is 4. The molecule has 0 N–H and O–H groups in total. The van der Waals surface area contributed by atoms with E-state index < -0.39 is 6.29 Å². The minimum atomic E-state index is -0.531. The lowest BCUT2D eigenvalue weighted by molar-refractivity contribution is -0.142. The Morgan fingerprint density at radius 3 is 2.60 bits per heavy atom. The highest BCUT2D eigenvalue weighted by molar-refractivity contribution is 14.1. The van der Waals surface area contributed by atoms with E-state index in [2.05, 4.69) is 32.9 Å². The summed E-state index contributed by atoms with van der Waals surface area (Å²) >= 11 is 2.06. The third kappa shape index (κ3) is 3.53. The van der Waals surface area contributed by atoms with Crippen molar-refractivity contribution in [2.45, 2.75) is 20.1 Å². The predicted molar refractivity (Wildman–Crippen MR) is 80.0 cm³/mol. The van der Waals surface area contributed by atoms with Gasteiger partial charge in [0.05, 0.1) is 11.9 Å². The Bertz CT molecular complexity index is 570. The topological polar surface area (TPSA) is 49.2 Å². The van der Waals surface area contributed by atoms with Crippen LogP contribution >= 0.6 is 22.6 Å². The normalized spacial score (nSPS) is 11.2. The van der Waals surface area contributed by atoms with Crippen molar-refractivity contribution in [1.82, 2.24) is 15.0 Å². The van der Waals surface area contributed by atoms with Crippen molar-refractivity contribution in [2.24, 2.45) is 0 Å². The zero-order chi connectivity index (χ0) is 14.5. The van der Waals surface area contributed by atoms with Crippen molar-refractivity contribution in [3.8, 4) is 5.69 Å². The Morgan fingerprint density at radius 1 is 1.30 bits per heavy atom. The van der Waals surface area contributed by atoms with E-state index in [1.54, 1.807) is 16.9 Å². The molecule has 0 aliphatic rings. The van der Waals surface area contributed by atoms with Crippen molar-refractivity contribution in [1.29, 1.82) is 0 Å². The fraction of sp³-hybridized carbons (Fsp3) is 0.385. The second-order valence-electron chi connectivity index (χ2n) is 3.93. The fourth-order valence-corrected chi connectivity index (χ4v) is 2.42. The Hall–Kier alpha value is -1.06. The number of ether oxygens (including phenoxy) is 2. The molecule has 1 heterocycles. The zero-order valence-electron chi connectivity index (χ0n) is 11.2. The van der Waals surface area contributed by atoms with Gasteiger partial charge in [0.1, 0.15) is 11.5 Å². The molecule has 0 unspecified atom stereocenters. The first-order chi connectivity index (χ1) is 9.65. The average molecular weight is 391 g/mol. The maximum atomic E-state index is 13.1. The quantitative estimate of drug-likeness (QED) is 0.561. The van der Waals surface area contributed by atoms with Gasteiger partial charge in [-0.25, -0.2) is 9.07 Å². The van der Waals surface area contributed by atoms with Crippen LogP contribution in [0.1, 0.15) is 25.8 Å². The molecule has 108 valence electrons. The van der Waals surface area contributed by atoms with E-state index in [1.165, 1.54) is 12.1 Å². The van der Waals surface area contributed by atoms with Crippen LogP contribution in [0.15, 0.2) is 24.4 Å². The molecular weight excluding hydrogens is 376 g/mol. The van der Waals surface area contributed by atoms with Crippen LogP contribution in [0, 0.1) is 9.39 Å². The summed E-state index contributed by atoms with van der Waals surface area (Å²) < 4.78 is 26.4. The van der Waals surface area contributed by atoms with Crippen LogP contribution in [0.2, 0.25) is 0 Å². The molecule has 0 bridgehead atoms. The summed E-state index contributed by atoms with van der Waals surface area (Å²) in [5.41, 5.74) is 1.35. The molecule has 2 rings (SSSR count). The first-order valence-corrected chi connectivity index (χ1v) is 7.34. The molecule has 20 heavy (non-hydrogen) atoms. The van der Waals surface area contributed by atoms with Gasteiger partial charge in [0.15, 0.2) is 0 Å². The molecule has 0 saturated heterocycles. The van der Waals surface area contributed by atoms with Gasteiger partial charge in [-0.05, 0) is 54.6 Å². The third-order valence-electron chi connectivity index (χ3n) is 2.55. The molecule has 0 aliphatic heterocycles. The highest BCUT2D eigenvalue weighted by Gasteiger charge is 2.16. The lowest BCUT2D eigenvalue weighted by Crippen LogP contribution is -2.09. The highest BCUT2D eigenvalue weighted by atomic mass is 127. The molecule has 0 amide bonds. The molecule has 1 aromatic carbocycles. The van der Waals surface area contributed by atoms with Crippen LogP contribution in [0.5, 0.6) is 0 Å². The van der Waals surface area contributed by atoms with Crippen LogP contribution in [-0.4, -0.2) is 28.2 Å². The number of aromatic nitrogens is 3. The van der Waals surface area contributed by atoms with Gasteiger partial charge in [-0.2, -0.15) is 0 Å². The molecular formula is C13H15FIN3O2. The van der Waals surface area contributed by atoms with Gasteiger partial charge in [-0.15, -0.1) is 5.10 Å². The first kappa shape index (κ1) is 15.3. The lowest BCUT2D eigenvalue weighted by Gasteiger charge is -2.13. The average Bonchev–Trinajstić information content (AvgIpc) is 2.88. The summed E-state index contributed by atoms with van der Waals surface area (Å²) in [5.74, 6) is -0.278. The molecule has 1 aromatic heterocycles. The van der Waals surface area contributed by atoms with Crippen molar-refractivity contribution in [2.75, 3.05) is 13.2 Å². The number of halogens is 2. The Kier molecular flexibility index (Phi) is 5.44. The van der Waals surface area contributed by atoms with Crippen LogP contribution in [-0.2, 0) is 9.47 Å². The number of hydrogen-bond donors (Lipinski definition) is 0. The minimum absolute atomic E-state index is 0.278. The molecule has 0 fully saturated rings. The van der Waals surface area contributed by atoms with E-state index >= 15 is 0 Å². The summed E-state index contributed by atoms with van der Waals surface area (Å²) in [4.78, 5) is 0. The molecule has 5 nitrogen and oxygen atoms in total. The second kappa shape index (κ2) is 7.09. The number of benzene rings is 1. The highest BCUT2D eigenvalue weighted by Crippen LogP contribution is 2.21. The second-order valence-corrected chi connectivity index (χ2v) is 5.09. The lowest BCUT2D eigenvalue weighted by atomic mass is 10.3. The van der Waals surface area contributed by atoms with E-state index in [-0.39, 0.29) is 5.82 Å². The van der Waals surface area contributed by atoms with Gasteiger partial charge in [-0.3, -0.25) is 0 Å². The summed E-state index contributed by atoms with van der Waals surface area (Å²) in [5, 5.41) is 8.10. The van der Waals surface area contributed by atoms with Crippen molar-refractivity contribution < 1.29 is 13.9 Å². The van der Waals surface area contributed by atoms with E-state index in [1.807, 2.05) is 13.8 Å². The molecule has 0 atom stereocenters. The van der Waals surface area contributed by atoms with Crippen LogP contribution in [0.25, 0.3) is 5.69 Å².